The summed E-state index contributed by atoms with van der Waals surface area (Å²) in [5.41, 5.74) is 0.412. The predicted molar refractivity (Wildman–Crippen MR) is 88.2 cm³/mol. The van der Waals surface area contributed by atoms with Gasteiger partial charge in [-0.25, -0.2) is 0 Å². The van der Waals surface area contributed by atoms with Crippen LogP contribution in [0.1, 0.15) is 77.6 Å². The molecule has 0 aromatic rings. The fourth-order valence-electron chi connectivity index (χ4n) is 4.77. The molecule has 1 atom stereocenters. The van der Waals surface area contributed by atoms with E-state index < -0.39 is 0 Å². The minimum atomic E-state index is 0.412. The summed E-state index contributed by atoms with van der Waals surface area (Å²) < 4.78 is 0. The Bertz CT molecular complexity index is 261. The van der Waals surface area contributed by atoms with Gasteiger partial charge in [-0.05, 0) is 45.8 Å². The van der Waals surface area contributed by atoms with Crippen molar-refractivity contribution in [1.29, 1.82) is 0 Å². The van der Waals surface area contributed by atoms with Crippen molar-refractivity contribution in [2.75, 3.05) is 20.6 Å². The van der Waals surface area contributed by atoms with Gasteiger partial charge in [-0.3, -0.25) is 0 Å². The largest absolute Gasteiger partial charge is 0.312 e. The highest BCUT2D eigenvalue weighted by atomic mass is 15.2. The Morgan fingerprint density at radius 1 is 1.00 bits per heavy atom. The van der Waals surface area contributed by atoms with Gasteiger partial charge in [-0.1, -0.05) is 58.3 Å². The first-order valence-corrected chi connectivity index (χ1v) is 9.10. The van der Waals surface area contributed by atoms with Crippen LogP contribution in [0, 0.1) is 5.92 Å². The van der Waals surface area contributed by atoms with E-state index in [2.05, 4.69) is 31.2 Å². The first-order chi connectivity index (χ1) is 9.69. The second kappa shape index (κ2) is 7.79. The molecular formula is C18H36N2. The Kier molecular flexibility index (Phi) is 6.35. The molecule has 0 aromatic heterocycles. The van der Waals surface area contributed by atoms with Gasteiger partial charge in [0, 0.05) is 11.6 Å². The Morgan fingerprint density at radius 2 is 1.60 bits per heavy atom. The van der Waals surface area contributed by atoms with E-state index in [0.717, 1.165) is 12.5 Å². The van der Waals surface area contributed by atoms with Crippen molar-refractivity contribution >= 4 is 0 Å². The third-order valence-electron chi connectivity index (χ3n) is 6.00. The molecule has 2 fully saturated rings. The summed E-state index contributed by atoms with van der Waals surface area (Å²) in [6.07, 6.45) is 15.8. The second-order valence-corrected chi connectivity index (χ2v) is 7.41. The molecule has 0 aliphatic heterocycles. The Labute approximate surface area is 126 Å². The maximum atomic E-state index is 3.89. The quantitative estimate of drug-likeness (QED) is 0.734. The maximum Gasteiger partial charge on any atom is 0.0356 e. The zero-order valence-corrected chi connectivity index (χ0v) is 14.1. The van der Waals surface area contributed by atoms with E-state index in [0.29, 0.717) is 11.6 Å². The Balaban J connectivity index is 2.11. The number of nitrogens with one attached hydrogen (secondary N) is 1. The zero-order chi connectivity index (χ0) is 14.4. The minimum absolute atomic E-state index is 0.412. The van der Waals surface area contributed by atoms with Crippen LogP contribution in [-0.2, 0) is 0 Å². The molecule has 2 aliphatic carbocycles. The van der Waals surface area contributed by atoms with Crippen molar-refractivity contribution in [1.82, 2.24) is 10.2 Å². The van der Waals surface area contributed by atoms with Gasteiger partial charge >= 0.3 is 0 Å². The summed E-state index contributed by atoms with van der Waals surface area (Å²) in [4.78, 5) is 2.57. The number of hydrogen-bond donors (Lipinski definition) is 1. The van der Waals surface area contributed by atoms with Crippen molar-refractivity contribution in [2.24, 2.45) is 5.92 Å². The zero-order valence-electron chi connectivity index (χ0n) is 14.1. The fraction of sp³-hybridized carbons (Fsp3) is 1.00. The summed E-state index contributed by atoms with van der Waals surface area (Å²) in [6.45, 7) is 3.40. The fourth-order valence-corrected chi connectivity index (χ4v) is 4.77. The molecule has 1 unspecified atom stereocenters. The van der Waals surface area contributed by atoms with Gasteiger partial charge in [0.1, 0.15) is 0 Å². The van der Waals surface area contributed by atoms with Crippen LogP contribution in [0.15, 0.2) is 0 Å². The van der Waals surface area contributed by atoms with Gasteiger partial charge in [0.05, 0.1) is 0 Å². The molecule has 0 aromatic carbocycles. The summed E-state index contributed by atoms with van der Waals surface area (Å²) >= 11 is 0. The van der Waals surface area contributed by atoms with Crippen LogP contribution >= 0.6 is 0 Å². The average molecular weight is 280 g/mol. The van der Waals surface area contributed by atoms with E-state index >= 15 is 0 Å². The topological polar surface area (TPSA) is 15.3 Å². The van der Waals surface area contributed by atoms with E-state index in [1.807, 2.05) is 0 Å². The normalized spacial score (nSPS) is 25.8. The highest BCUT2D eigenvalue weighted by molar-refractivity contribution is 5.00. The number of nitrogens with zero attached hydrogens (tertiary/aromatic N) is 1. The smallest absolute Gasteiger partial charge is 0.0356 e. The van der Waals surface area contributed by atoms with Crippen LogP contribution in [0.25, 0.3) is 0 Å². The molecule has 2 rings (SSSR count). The van der Waals surface area contributed by atoms with E-state index in [4.69, 9.17) is 0 Å². The summed E-state index contributed by atoms with van der Waals surface area (Å²) in [5.74, 6) is 0.985. The molecular weight excluding hydrogens is 244 g/mol. The van der Waals surface area contributed by atoms with Crippen LogP contribution in [0.5, 0.6) is 0 Å². The third-order valence-corrected chi connectivity index (χ3v) is 6.00. The van der Waals surface area contributed by atoms with Gasteiger partial charge in [0.25, 0.3) is 0 Å². The molecule has 2 aliphatic rings. The van der Waals surface area contributed by atoms with Gasteiger partial charge in [0.15, 0.2) is 0 Å². The highest BCUT2D eigenvalue weighted by Gasteiger charge is 2.41. The minimum Gasteiger partial charge on any atom is -0.312 e. The van der Waals surface area contributed by atoms with Crippen molar-refractivity contribution < 1.29 is 0 Å². The molecule has 0 radical (unpaired) electrons. The molecule has 0 amide bonds. The molecule has 118 valence electrons. The standard InChI is InChI=1S/C18H36N2/c1-4-19-17(15-16-11-7-8-12-16)18(20(2)3)13-9-5-6-10-14-18/h16-17,19H,4-15H2,1-3H3. The third kappa shape index (κ3) is 3.76. The molecule has 2 heteroatoms. The average Bonchev–Trinajstić information content (AvgIpc) is 2.80. The molecule has 0 heterocycles. The van der Waals surface area contributed by atoms with E-state index in [1.165, 1.54) is 70.6 Å². The Hall–Kier alpha value is -0.0800. The maximum absolute atomic E-state index is 3.89. The number of rotatable bonds is 6. The SMILES string of the molecule is CCNC(CC1CCCC1)C1(N(C)C)CCCCCC1. The van der Waals surface area contributed by atoms with Gasteiger partial charge in [0.2, 0.25) is 0 Å². The van der Waals surface area contributed by atoms with Crippen molar-refractivity contribution in [3.63, 3.8) is 0 Å². The van der Waals surface area contributed by atoms with E-state index in [9.17, 15) is 0 Å². The first kappa shape index (κ1) is 16.3. The van der Waals surface area contributed by atoms with Crippen molar-refractivity contribution in [3.8, 4) is 0 Å². The van der Waals surface area contributed by atoms with Crippen LogP contribution < -0.4 is 5.32 Å². The molecule has 20 heavy (non-hydrogen) atoms. The summed E-state index contributed by atoms with van der Waals surface area (Å²) in [5, 5.41) is 3.89. The lowest BCUT2D eigenvalue weighted by Gasteiger charge is -2.47. The highest BCUT2D eigenvalue weighted by Crippen LogP contribution is 2.39. The molecule has 0 bridgehead atoms. The van der Waals surface area contributed by atoms with E-state index in [-0.39, 0.29) is 0 Å². The molecule has 2 nitrogen and oxygen atoms in total. The van der Waals surface area contributed by atoms with Crippen LogP contribution in [0.4, 0.5) is 0 Å². The van der Waals surface area contributed by atoms with Crippen LogP contribution in [0.3, 0.4) is 0 Å². The van der Waals surface area contributed by atoms with Gasteiger partial charge in [-0.2, -0.15) is 0 Å². The van der Waals surface area contributed by atoms with Crippen LogP contribution in [-0.4, -0.2) is 37.1 Å². The lowest BCUT2D eigenvalue weighted by Crippen LogP contribution is -2.59. The summed E-state index contributed by atoms with van der Waals surface area (Å²) in [7, 11) is 4.65. The molecule has 0 saturated heterocycles. The van der Waals surface area contributed by atoms with Crippen molar-refractivity contribution in [2.45, 2.75) is 89.1 Å². The van der Waals surface area contributed by atoms with E-state index in [1.54, 1.807) is 0 Å². The first-order valence-electron chi connectivity index (χ1n) is 9.10. The number of hydrogen-bond acceptors (Lipinski definition) is 2. The van der Waals surface area contributed by atoms with Crippen LogP contribution in [0.2, 0.25) is 0 Å². The van der Waals surface area contributed by atoms with Gasteiger partial charge in [-0.15, -0.1) is 0 Å². The Morgan fingerprint density at radius 3 is 2.10 bits per heavy atom. The molecule has 1 N–H and O–H groups in total. The molecule has 0 spiro atoms. The summed E-state index contributed by atoms with van der Waals surface area (Å²) in [6, 6.07) is 0.698. The lowest BCUT2D eigenvalue weighted by molar-refractivity contribution is 0.0693. The monoisotopic (exact) mass is 280 g/mol. The van der Waals surface area contributed by atoms with Crippen molar-refractivity contribution in [3.05, 3.63) is 0 Å². The molecule has 2 saturated carbocycles. The number of likely N-dealkylation sites (N-methyl/N-ethyl adjacent to an activating group) is 2. The second-order valence-electron chi connectivity index (χ2n) is 7.41. The lowest BCUT2D eigenvalue weighted by atomic mass is 9.77. The van der Waals surface area contributed by atoms with Gasteiger partial charge < -0.3 is 10.2 Å². The predicted octanol–water partition coefficient (Wildman–Crippen LogP) is 4.20.